The summed E-state index contributed by atoms with van der Waals surface area (Å²) >= 11 is 0. The maximum absolute atomic E-state index is 11.8. The standard InChI is InChI=1S/C10H9N3O4/c14-9-6-4-17-2-1-7(6)13-8(12-9)5(3-11-13)10(15)16/h3H,1-2,4H2,(H,12,14)(H,15,16). The van der Waals surface area contributed by atoms with Crippen molar-refractivity contribution in [2.45, 2.75) is 13.0 Å². The van der Waals surface area contributed by atoms with E-state index in [1.54, 1.807) is 0 Å². The molecule has 0 saturated heterocycles. The van der Waals surface area contributed by atoms with Crippen LogP contribution in [0.4, 0.5) is 0 Å². The second kappa shape index (κ2) is 3.42. The first-order chi connectivity index (χ1) is 8.18. The minimum absolute atomic E-state index is 0.00334. The van der Waals surface area contributed by atoms with Crippen LogP contribution in [-0.2, 0) is 17.8 Å². The maximum Gasteiger partial charge on any atom is 0.341 e. The van der Waals surface area contributed by atoms with E-state index < -0.39 is 5.97 Å². The number of aromatic carboxylic acids is 1. The van der Waals surface area contributed by atoms with Crippen molar-refractivity contribution in [3.63, 3.8) is 0 Å². The van der Waals surface area contributed by atoms with Gasteiger partial charge in [0.15, 0.2) is 5.65 Å². The highest BCUT2D eigenvalue weighted by atomic mass is 16.5. The van der Waals surface area contributed by atoms with Crippen LogP contribution in [0.2, 0.25) is 0 Å². The number of carbonyl (C=O) groups is 1. The predicted octanol–water partition coefficient (Wildman–Crippen LogP) is -0.207. The minimum atomic E-state index is -1.11. The molecule has 2 aromatic rings. The molecule has 0 aromatic carbocycles. The lowest BCUT2D eigenvalue weighted by molar-refractivity contribution is 0.0698. The highest BCUT2D eigenvalue weighted by molar-refractivity contribution is 5.94. The second-order valence-corrected chi connectivity index (χ2v) is 3.81. The number of hydrogen-bond acceptors (Lipinski definition) is 4. The first-order valence-corrected chi connectivity index (χ1v) is 5.11. The quantitative estimate of drug-likeness (QED) is 0.713. The number of ether oxygens (including phenoxy) is 1. The van der Waals surface area contributed by atoms with Gasteiger partial charge in [0.25, 0.3) is 5.56 Å². The van der Waals surface area contributed by atoms with Crippen LogP contribution in [0.15, 0.2) is 11.0 Å². The fraction of sp³-hybridized carbons (Fsp3) is 0.300. The van der Waals surface area contributed by atoms with Gasteiger partial charge in [-0.25, -0.2) is 9.31 Å². The molecule has 0 aliphatic carbocycles. The molecule has 88 valence electrons. The molecule has 0 spiro atoms. The number of aromatic amines is 1. The van der Waals surface area contributed by atoms with Crippen LogP contribution in [0.25, 0.3) is 5.65 Å². The SMILES string of the molecule is O=C(O)c1cnn2c3c(c(=O)[nH]c12)COCC3. The molecule has 0 saturated carbocycles. The predicted molar refractivity (Wildman–Crippen MR) is 56.1 cm³/mol. The molecule has 7 heteroatoms. The van der Waals surface area contributed by atoms with Crippen molar-refractivity contribution < 1.29 is 14.6 Å². The average molecular weight is 235 g/mol. The molecule has 0 amide bonds. The lowest BCUT2D eigenvalue weighted by atomic mass is 10.1. The van der Waals surface area contributed by atoms with Gasteiger partial charge in [-0.2, -0.15) is 5.10 Å². The molecule has 0 radical (unpaired) electrons. The van der Waals surface area contributed by atoms with E-state index in [-0.39, 0.29) is 23.4 Å². The summed E-state index contributed by atoms with van der Waals surface area (Å²) in [5, 5.41) is 13.0. The van der Waals surface area contributed by atoms with Gasteiger partial charge in [0.05, 0.1) is 30.7 Å². The van der Waals surface area contributed by atoms with E-state index in [0.29, 0.717) is 18.6 Å². The lowest BCUT2D eigenvalue weighted by Gasteiger charge is -2.16. The highest BCUT2D eigenvalue weighted by Crippen LogP contribution is 2.15. The summed E-state index contributed by atoms with van der Waals surface area (Å²) in [5.74, 6) is -1.11. The van der Waals surface area contributed by atoms with Crippen LogP contribution in [0.1, 0.15) is 21.6 Å². The molecule has 0 atom stereocenters. The van der Waals surface area contributed by atoms with Gasteiger partial charge >= 0.3 is 5.97 Å². The summed E-state index contributed by atoms with van der Waals surface area (Å²) in [6.45, 7) is 0.747. The van der Waals surface area contributed by atoms with Crippen molar-refractivity contribution in [2.75, 3.05) is 6.61 Å². The van der Waals surface area contributed by atoms with E-state index in [0.717, 1.165) is 5.69 Å². The van der Waals surface area contributed by atoms with Crippen LogP contribution < -0.4 is 5.56 Å². The fourth-order valence-electron chi connectivity index (χ4n) is 2.02. The van der Waals surface area contributed by atoms with Crippen LogP contribution in [-0.4, -0.2) is 32.3 Å². The minimum Gasteiger partial charge on any atom is -0.477 e. The Labute approximate surface area is 94.6 Å². The van der Waals surface area contributed by atoms with Gasteiger partial charge in [-0.3, -0.25) is 4.79 Å². The highest BCUT2D eigenvalue weighted by Gasteiger charge is 2.21. The summed E-state index contributed by atoms with van der Waals surface area (Å²) in [5.41, 5.74) is 1.15. The number of fused-ring (bicyclic) bond motifs is 3. The molecular weight excluding hydrogens is 226 g/mol. The zero-order valence-electron chi connectivity index (χ0n) is 8.77. The molecule has 2 aromatic heterocycles. The summed E-state index contributed by atoms with van der Waals surface area (Å²) in [6, 6.07) is 0. The number of H-pyrrole nitrogens is 1. The van der Waals surface area contributed by atoms with Gasteiger partial charge in [0, 0.05) is 6.42 Å². The summed E-state index contributed by atoms with van der Waals surface area (Å²) < 4.78 is 6.68. The third-order valence-corrected chi connectivity index (χ3v) is 2.84. The number of nitrogens with one attached hydrogen (secondary N) is 1. The van der Waals surface area contributed by atoms with Gasteiger partial charge in [-0.15, -0.1) is 0 Å². The van der Waals surface area contributed by atoms with Crippen LogP contribution in [0, 0.1) is 0 Å². The number of carboxylic acids is 1. The normalized spacial score (nSPS) is 14.8. The van der Waals surface area contributed by atoms with Crippen LogP contribution in [0.3, 0.4) is 0 Å². The molecule has 0 unspecified atom stereocenters. The topological polar surface area (TPSA) is 96.7 Å². The van der Waals surface area contributed by atoms with Gasteiger partial charge in [0.2, 0.25) is 0 Å². The van der Waals surface area contributed by atoms with Crippen molar-refractivity contribution in [3.05, 3.63) is 33.4 Å². The summed E-state index contributed by atoms with van der Waals surface area (Å²) in [7, 11) is 0. The molecule has 0 bridgehead atoms. The van der Waals surface area contributed by atoms with Gasteiger partial charge < -0.3 is 14.8 Å². The Bertz CT molecular complexity index is 670. The Balaban J connectivity index is 2.40. The summed E-state index contributed by atoms with van der Waals surface area (Å²) in [6.07, 6.45) is 1.79. The van der Waals surface area contributed by atoms with E-state index in [1.807, 2.05) is 0 Å². The Kier molecular flexibility index (Phi) is 2.02. The third-order valence-electron chi connectivity index (χ3n) is 2.84. The molecule has 3 rings (SSSR count). The zero-order valence-corrected chi connectivity index (χ0v) is 8.77. The van der Waals surface area contributed by atoms with E-state index >= 15 is 0 Å². The lowest BCUT2D eigenvalue weighted by Crippen LogP contribution is -2.26. The van der Waals surface area contributed by atoms with Crippen LogP contribution in [0.5, 0.6) is 0 Å². The average Bonchev–Trinajstić information content (AvgIpc) is 2.73. The fourth-order valence-corrected chi connectivity index (χ4v) is 2.02. The first kappa shape index (κ1) is 10.0. The molecule has 1 aliphatic rings. The maximum atomic E-state index is 11.8. The van der Waals surface area contributed by atoms with Crippen LogP contribution >= 0.6 is 0 Å². The van der Waals surface area contributed by atoms with E-state index in [1.165, 1.54) is 10.7 Å². The number of carboxylic acid groups (broad SMARTS) is 1. The van der Waals surface area contributed by atoms with Crippen molar-refractivity contribution in [1.82, 2.24) is 14.6 Å². The number of aromatic nitrogens is 3. The van der Waals surface area contributed by atoms with E-state index in [9.17, 15) is 9.59 Å². The summed E-state index contributed by atoms with van der Waals surface area (Å²) in [4.78, 5) is 25.3. The molecule has 3 heterocycles. The molecule has 2 N–H and O–H groups in total. The number of nitrogens with zero attached hydrogens (tertiary/aromatic N) is 2. The Morgan fingerprint density at radius 2 is 2.41 bits per heavy atom. The smallest absolute Gasteiger partial charge is 0.341 e. The van der Waals surface area contributed by atoms with Crippen molar-refractivity contribution in [1.29, 1.82) is 0 Å². The molecule has 0 fully saturated rings. The van der Waals surface area contributed by atoms with Gasteiger partial charge in [-0.05, 0) is 0 Å². The third kappa shape index (κ3) is 1.36. The van der Waals surface area contributed by atoms with Gasteiger partial charge in [-0.1, -0.05) is 0 Å². The monoisotopic (exact) mass is 235 g/mol. The first-order valence-electron chi connectivity index (χ1n) is 5.11. The zero-order chi connectivity index (χ0) is 12.0. The molecule has 7 nitrogen and oxygen atoms in total. The van der Waals surface area contributed by atoms with E-state index in [2.05, 4.69) is 10.1 Å². The van der Waals surface area contributed by atoms with E-state index in [4.69, 9.17) is 9.84 Å². The molecule has 1 aliphatic heterocycles. The number of hydrogen-bond donors (Lipinski definition) is 2. The van der Waals surface area contributed by atoms with Crippen molar-refractivity contribution in [3.8, 4) is 0 Å². The molecule has 17 heavy (non-hydrogen) atoms. The second-order valence-electron chi connectivity index (χ2n) is 3.81. The number of rotatable bonds is 1. The molecular formula is C10H9N3O4. The van der Waals surface area contributed by atoms with Gasteiger partial charge in [0.1, 0.15) is 5.56 Å². The van der Waals surface area contributed by atoms with Crippen molar-refractivity contribution >= 4 is 11.6 Å². The Morgan fingerprint density at radius 1 is 1.59 bits per heavy atom. The Morgan fingerprint density at radius 3 is 3.18 bits per heavy atom. The van der Waals surface area contributed by atoms with Crippen molar-refractivity contribution in [2.24, 2.45) is 0 Å². The Hall–Kier alpha value is -2.15. The largest absolute Gasteiger partial charge is 0.477 e.